The van der Waals surface area contributed by atoms with E-state index in [1.165, 1.54) is 0 Å². The molecule has 116 valence electrons. The number of carbonyl (C=O) groups excluding carboxylic acids is 1. The Bertz CT molecular complexity index is 766. The molecule has 0 radical (unpaired) electrons. The maximum atomic E-state index is 12.2. The highest BCUT2D eigenvalue weighted by Gasteiger charge is 2.15. The Morgan fingerprint density at radius 1 is 1.22 bits per heavy atom. The van der Waals surface area contributed by atoms with Gasteiger partial charge in [0.25, 0.3) is 0 Å². The number of hydrogen-bond donors (Lipinski definition) is 1. The van der Waals surface area contributed by atoms with Gasteiger partial charge in [0.1, 0.15) is 0 Å². The Labute approximate surface area is 133 Å². The van der Waals surface area contributed by atoms with Crippen molar-refractivity contribution in [2.24, 2.45) is 0 Å². The second kappa shape index (κ2) is 6.28. The van der Waals surface area contributed by atoms with Gasteiger partial charge in [-0.3, -0.25) is 0 Å². The maximum absolute atomic E-state index is 12.2. The molecule has 0 saturated heterocycles. The molecule has 6 nitrogen and oxygen atoms in total. The highest BCUT2D eigenvalue weighted by molar-refractivity contribution is 5.89. The van der Waals surface area contributed by atoms with Crippen LogP contribution >= 0.6 is 0 Å². The van der Waals surface area contributed by atoms with E-state index in [0.29, 0.717) is 23.5 Å². The van der Waals surface area contributed by atoms with Crippen LogP contribution in [-0.4, -0.2) is 24.8 Å². The van der Waals surface area contributed by atoms with Gasteiger partial charge in [0, 0.05) is 19.3 Å². The second-order valence-electron chi connectivity index (χ2n) is 5.16. The average Bonchev–Trinajstić information content (AvgIpc) is 3.03. The third-order valence-corrected chi connectivity index (χ3v) is 3.47. The SMILES string of the molecule is CN(Cc1ccc2c(c1)OCO2)C(=O)Nc1ccc(C#N)cc1. The van der Waals surface area contributed by atoms with Crippen molar-refractivity contribution in [3.63, 3.8) is 0 Å². The van der Waals surface area contributed by atoms with Crippen molar-refractivity contribution in [1.82, 2.24) is 4.90 Å². The van der Waals surface area contributed by atoms with Gasteiger partial charge >= 0.3 is 6.03 Å². The summed E-state index contributed by atoms with van der Waals surface area (Å²) in [6.07, 6.45) is 0. The van der Waals surface area contributed by atoms with Crippen molar-refractivity contribution in [2.45, 2.75) is 6.54 Å². The lowest BCUT2D eigenvalue weighted by molar-refractivity contribution is 0.174. The normalized spacial score (nSPS) is 11.7. The zero-order valence-electron chi connectivity index (χ0n) is 12.6. The zero-order chi connectivity index (χ0) is 16.2. The summed E-state index contributed by atoms with van der Waals surface area (Å²) < 4.78 is 10.6. The van der Waals surface area contributed by atoms with Crippen molar-refractivity contribution >= 4 is 11.7 Å². The van der Waals surface area contributed by atoms with Crippen molar-refractivity contribution in [1.29, 1.82) is 5.26 Å². The first kappa shape index (κ1) is 14.7. The number of carbonyl (C=O) groups is 1. The first-order valence-electron chi connectivity index (χ1n) is 7.06. The molecule has 0 unspecified atom stereocenters. The molecule has 1 aliphatic rings. The molecule has 1 aliphatic heterocycles. The molecule has 0 aliphatic carbocycles. The van der Waals surface area contributed by atoms with Crippen LogP contribution in [0, 0.1) is 11.3 Å². The smallest absolute Gasteiger partial charge is 0.321 e. The fourth-order valence-corrected chi connectivity index (χ4v) is 2.23. The van der Waals surface area contributed by atoms with Crippen LogP contribution < -0.4 is 14.8 Å². The molecule has 1 N–H and O–H groups in total. The fraction of sp³-hybridized carbons (Fsp3) is 0.176. The molecule has 23 heavy (non-hydrogen) atoms. The monoisotopic (exact) mass is 309 g/mol. The van der Waals surface area contributed by atoms with E-state index < -0.39 is 0 Å². The molecule has 3 rings (SSSR count). The third-order valence-electron chi connectivity index (χ3n) is 3.47. The summed E-state index contributed by atoms with van der Waals surface area (Å²) in [4.78, 5) is 13.8. The van der Waals surface area contributed by atoms with Crippen LogP contribution in [0.2, 0.25) is 0 Å². The minimum atomic E-state index is -0.229. The lowest BCUT2D eigenvalue weighted by Crippen LogP contribution is -2.30. The number of anilines is 1. The third kappa shape index (κ3) is 3.35. The van der Waals surface area contributed by atoms with E-state index in [1.807, 2.05) is 24.3 Å². The number of nitrogens with zero attached hydrogens (tertiary/aromatic N) is 2. The van der Waals surface area contributed by atoms with Gasteiger partial charge in [-0.1, -0.05) is 6.07 Å². The Hall–Kier alpha value is -3.20. The van der Waals surface area contributed by atoms with Crippen LogP contribution in [0.1, 0.15) is 11.1 Å². The molecular formula is C17H15N3O3. The van der Waals surface area contributed by atoms with Crippen LogP contribution in [0.25, 0.3) is 0 Å². The molecule has 2 aromatic rings. The molecular weight excluding hydrogens is 294 g/mol. The minimum absolute atomic E-state index is 0.229. The predicted octanol–water partition coefficient (Wildman–Crippen LogP) is 2.95. The molecule has 0 spiro atoms. The molecule has 2 aromatic carbocycles. The number of nitrogens with one attached hydrogen (secondary N) is 1. The summed E-state index contributed by atoms with van der Waals surface area (Å²) in [5, 5.41) is 11.6. The lowest BCUT2D eigenvalue weighted by Gasteiger charge is -2.18. The first-order chi connectivity index (χ1) is 11.2. The Kier molecular flexibility index (Phi) is 4.02. The van der Waals surface area contributed by atoms with Gasteiger partial charge in [0.15, 0.2) is 11.5 Å². The van der Waals surface area contributed by atoms with E-state index in [4.69, 9.17) is 14.7 Å². The Balaban J connectivity index is 1.62. The molecule has 0 saturated carbocycles. The average molecular weight is 309 g/mol. The number of rotatable bonds is 3. The topological polar surface area (TPSA) is 74.6 Å². The van der Waals surface area contributed by atoms with Gasteiger partial charge in [-0.25, -0.2) is 4.79 Å². The fourth-order valence-electron chi connectivity index (χ4n) is 2.23. The zero-order valence-corrected chi connectivity index (χ0v) is 12.6. The van der Waals surface area contributed by atoms with Gasteiger partial charge in [-0.05, 0) is 42.0 Å². The van der Waals surface area contributed by atoms with Crippen molar-refractivity contribution in [3.05, 3.63) is 53.6 Å². The Morgan fingerprint density at radius 2 is 1.96 bits per heavy atom. The standard InChI is InChI=1S/C17H15N3O3/c1-20(10-13-4-7-15-16(8-13)23-11-22-15)17(21)19-14-5-2-12(9-18)3-6-14/h2-8H,10-11H2,1H3,(H,19,21). The van der Waals surface area contributed by atoms with Gasteiger partial charge in [0.05, 0.1) is 11.6 Å². The summed E-state index contributed by atoms with van der Waals surface area (Å²) >= 11 is 0. The van der Waals surface area contributed by atoms with Gasteiger partial charge in [-0.15, -0.1) is 0 Å². The molecule has 0 atom stereocenters. The summed E-state index contributed by atoms with van der Waals surface area (Å²) in [5.41, 5.74) is 2.15. The van der Waals surface area contributed by atoms with E-state index in [0.717, 1.165) is 11.3 Å². The minimum Gasteiger partial charge on any atom is -0.454 e. The van der Waals surface area contributed by atoms with E-state index in [-0.39, 0.29) is 12.8 Å². The van der Waals surface area contributed by atoms with Gasteiger partial charge in [-0.2, -0.15) is 5.26 Å². The van der Waals surface area contributed by atoms with Crippen molar-refractivity contribution in [2.75, 3.05) is 19.2 Å². The van der Waals surface area contributed by atoms with Crippen molar-refractivity contribution < 1.29 is 14.3 Å². The van der Waals surface area contributed by atoms with E-state index in [2.05, 4.69) is 5.32 Å². The number of urea groups is 1. The lowest BCUT2D eigenvalue weighted by atomic mass is 10.2. The van der Waals surface area contributed by atoms with Gasteiger partial charge in [0.2, 0.25) is 6.79 Å². The van der Waals surface area contributed by atoms with E-state index in [9.17, 15) is 4.79 Å². The van der Waals surface area contributed by atoms with Crippen LogP contribution in [0.3, 0.4) is 0 Å². The number of ether oxygens (including phenoxy) is 2. The molecule has 2 amide bonds. The van der Waals surface area contributed by atoms with E-state index in [1.54, 1.807) is 36.2 Å². The second-order valence-corrected chi connectivity index (χ2v) is 5.16. The number of benzene rings is 2. The molecule has 0 bridgehead atoms. The number of hydrogen-bond acceptors (Lipinski definition) is 4. The summed E-state index contributed by atoms with van der Waals surface area (Å²) in [6.45, 7) is 0.673. The summed E-state index contributed by atoms with van der Waals surface area (Å²) in [6, 6.07) is 14.1. The van der Waals surface area contributed by atoms with Crippen LogP contribution in [0.15, 0.2) is 42.5 Å². The van der Waals surface area contributed by atoms with Crippen LogP contribution in [0.5, 0.6) is 11.5 Å². The largest absolute Gasteiger partial charge is 0.454 e. The Morgan fingerprint density at radius 3 is 2.70 bits per heavy atom. The summed E-state index contributed by atoms with van der Waals surface area (Å²) in [7, 11) is 1.71. The van der Waals surface area contributed by atoms with Gasteiger partial charge < -0.3 is 19.7 Å². The predicted molar refractivity (Wildman–Crippen MR) is 84.2 cm³/mol. The highest BCUT2D eigenvalue weighted by atomic mass is 16.7. The van der Waals surface area contributed by atoms with E-state index >= 15 is 0 Å². The molecule has 0 fully saturated rings. The quantitative estimate of drug-likeness (QED) is 0.946. The molecule has 1 heterocycles. The number of fused-ring (bicyclic) bond motifs is 1. The molecule has 0 aromatic heterocycles. The number of amides is 2. The van der Waals surface area contributed by atoms with Crippen LogP contribution in [0.4, 0.5) is 10.5 Å². The number of nitriles is 1. The van der Waals surface area contributed by atoms with Crippen molar-refractivity contribution in [3.8, 4) is 17.6 Å². The molecule has 6 heteroatoms. The maximum Gasteiger partial charge on any atom is 0.321 e. The highest BCUT2D eigenvalue weighted by Crippen LogP contribution is 2.32. The first-order valence-corrected chi connectivity index (χ1v) is 7.06. The summed E-state index contributed by atoms with van der Waals surface area (Å²) in [5.74, 6) is 1.42. The van der Waals surface area contributed by atoms with Crippen LogP contribution in [-0.2, 0) is 6.54 Å².